The molecule has 0 saturated heterocycles. The van der Waals surface area contributed by atoms with Crippen molar-refractivity contribution < 1.29 is 27.5 Å². The summed E-state index contributed by atoms with van der Waals surface area (Å²) >= 11 is 0. The van der Waals surface area contributed by atoms with E-state index < -0.39 is 24.6 Å². The summed E-state index contributed by atoms with van der Waals surface area (Å²) in [5.41, 5.74) is 1.55. The number of ether oxygens (including phenoxy) is 1. The van der Waals surface area contributed by atoms with Crippen LogP contribution in [-0.4, -0.2) is 31.2 Å². The van der Waals surface area contributed by atoms with E-state index in [0.29, 0.717) is 5.57 Å². The lowest BCUT2D eigenvalue weighted by atomic mass is 10.1. The van der Waals surface area contributed by atoms with E-state index in [-0.39, 0.29) is 6.61 Å². The normalized spacial score (nSPS) is 11.9. The number of rotatable bonds is 5. The summed E-state index contributed by atoms with van der Waals surface area (Å²) in [5, 5.41) is 1.45. The largest absolute Gasteiger partial charge is 0.471 e. The molecule has 4 nitrogen and oxygen atoms in total. The second-order valence-corrected chi connectivity index (χ2v) is 4.02. The van der Waals surface area contributed by atoms with Gasteiger partial charge in [-0.1, -0.05) is 36.4 Å². The number of halogens is 3. The van der Waals surface area contributed by atoms with Crippen LogP contribution in [-0.2, 0) is 14.3 Å². The number of carbonyl (C=O) groups excluding carboxylic acids is 2. The second-order valence-electron chi connectivity index (χ2n) is 4.02. The van der Waals surface area contributed by atoms with Gasteiger partial charge in [-0.25, -0.2) is 0 Å². The Balaban J connectivity index is 2.44. The molecule has 1 aromatic rings. The van der Waals surface area contributed by atoms with Crippen LogP contribution in [0.15, 0.2) is 36.4 Å². The maximum atomic E-state index is 11.9. The van der Waals surface area contributed by atoms with Crippen LogP contribution in [0.2, 0.25) is 0 Å². The lowest BCUT2D eigenvalue weighted by Gasteiger charge is -2.10. The zero-order valence-corrected chi connectivity index (χ0v) is 11.2. The molecule has 0 heterocycles. The van der Waals surface area contributed by atoms with Gasteiger partial charge >= 0.3 is 18.1 Å². The molecule has 21 heavy (non-hydrogen) atoms. The van der Waals surface area contributed by atoms with E-state index in [9.17, 15) is 22.8 Å². The third-order valence-corrected chi connectivity index (χ3v) is 2.53. The minimum Gasteiger partial charge on any atom is -0.459 e. The summed E-state index contributed by atoms with van der Waals surface area (Å²) in [6.07, 6.45) is -3.28. The molecular formula is C14H14F3NO3. The fourth-order valence-corrected chi connectivity index (χ4v) is 1.45. The molecule has 7 heteroatoms. The fraction of sp³-hybridized carbons (Fsp3) is 0.286. The average Bonchev–Trinajstić information content (AvgIpc) is 2.45. The number of allylic oxidation sites excluding steroid dienone is 1. The Morgan fingerprint density at radius 2 is 1.86 bits per heavy atom. The molecule has 0 spiro atoms. The Morgan fingerprint density at radius 3 is 2.38 bits per heavy atom. The Kier molecular flexibility index (Phi) is 5.95. The Hall–Kier alpha value is -2.31. The highest BCUT2D eigenvalue weighted by molar-refractivity contribution is 5.85. The van der Waals surface area contributed by atoms with E-state index in [1.165, 1.54) is 5.32 Å². The molecule has 0 aliphatic heterocycles. The van der Waals surface area contributed by atoms with Crippen molar-refractivity contribution in [1.29, 1.82) is 0 Å². The van der Waals surface area contributed by atoms with Crippen molar-refractivity contribution in [1.82, 2.24) is 5.32 Å². The molecule has 0 aromatic heterocycles. The minimum atomic E-state index is -5.02. The summed E-state index contributed by atoms with van der Waals surface area (Å²) in [5.74, 6) is -3.11. The number of alkyl halides is 3. The van der Waals surface area contributed by atoms with E-state index in [1.807, 2.05) is 30.3 Å². The molecule has 0 saturated carbocycles. The lowest BCUT2D eigenvalue weighted by molar-refractivity contribution is -0.174. The zero-order valence-electron chi connectivity index (χ0n) is 11.2. The highest BCUT2D eigenvalue weighted by atomic mass is 19.4. The van der Waals surface area contributed by atoms with Crippen LogP contribution in [0.3, 0.4) is 0 Å². The van der Waals surface area contributed by atoms with Gasteiger partial charge in [0.15, 0.2) is 0 Å². The molecule has 0 radical (unpaired) electrons. The molecule has 1 amide bonds. The monoisotopic (exact) mass is 301 g/mol. The summed E-state index contributed by atoms with van der Waals surface area (Å²) < 4.78 is 40.6. The molecule has 1 aromatic carbocycles. The van der Waals surface area contributed by atoms with Crippen molar-refractivity contribution >= 4 is 17.4 Å². The molecule has 1 rings (SSSR count). The first-order valence-corrected chi connectivity index (χ1v) is 6.06. The lowest BCUT2D eigenvalue weighted by Crippen LogP contribution is -2.40. The number of esters is 1. The van der Waals surface area contributed by atoms with E-state index in [4.69, 9.17) is 4.74 Å². The minimum absolute atomic E-state index is 0.0821. The molecule has 0 aliphatic rings. The summed E-state index contributed by atoms with van der Waals surface area (Å²) in [7, 11) is 0. The molecule has 0 unspecified atom stereocenters. The molecule has 1 N–H and O–H groups in total. The molecule has 0 aliphatic carbocycles. The van der Waals surface area contributed by atoms with Crippen molar-refractivity contribution in [3.8, 4) is 0 Å². The predicted molar refractivity (Wildman–Crippen MR) is 70.1 cm³/mol. The second kappa shape index (κ2) is 7.47. The number of benzene rings is 1. The standard InChI is InChI=1S/C14H14F3NO3/c1-2-10(11-6-4-3-5-7-11)9-21-12(19)8-18-13(20)14(15,16)17/h2-7H,8-9H2,1H3,(H,18,20)/b10-2-. The van der Waals surface area contributed by atoms with Crippen LogP contribution in [0, 0.1) is 0 Å². The summed E-state index contributed by atoms with van der Waals surface area (Å²) in [6, 6.07) is 9.08. The summed E-state index contributed by atoms with van der Waals surface area (Å²) in [6.45, 7) is 0.840. The van der Waals surface area contributed by atoms with Gasteiger partial charge in [0, 0.05) is 0 Å². The van der Waals surface area contributed by atoms with Gasteiger partial charge < -0.3 is 10.1 Å². The zero-order chi connectivity index (χ0) is 15.9. The Morgan fingerprint density at radius 1 is 1.24 bits per heavy atom. The van der Waals surface area contributed by atoms with Crippen LogP contribution in [0.5, 0.6) is 0 Å². The smallest absolute Gasteiger partial charge is 0.459 e. The van der Waals surface area contributed by atoms with E-state index in [2.05, 4.69) is 0 Å². The number of hydrogen-bond acceptors (Lipinski definition) is 3. The van der Waals surface area contributed by atoms with Gasteiger partial charge in [0.05, 0.1) is 0 Å². The first kappa shape index (κ1) is 16.7. The fourth-order valence-electron chi connectivity index (χ4n) is 1.45. The maximum Gasteiger partial charge on any atom is 0.471 e. The maximum absolute atomic E-state index is 11.9. The molecule has 0 fully saturated rings. The Labute approximate surface area is 119 Å². The quantitative estimate of drug-likeness (QED) is 0.849. The van der Waals surface area contributed by atoms with Gasteiger partial charge in [0.2, 0.25) is 0 Å². The van der Waals surface area contributed by atoms with E-state index in [0.717, 1.165) is 5.56 Å². The Bertz CT molecular complexity index is 524. The number of hydrogen-bond donors (Lipinski definition) is 1. The third kappa shape index (κ3) is 5.68. The van der Waals surface area contributed by atoms with Crippen LogP contribution in [0.25, 0.3) is 5.57 Å². The van der Waals surface area contributed by atoms with Gasteiger partial charge in [-0.05, 0) is 18.1 Å². The summed E-state index contributed by atoms with van der Waals surface area (Å²) in [4.78, 5) is 21.8. The van der Waals surface area contributed by atoms with Crippen LogP contribution in [0.1, 0.15) is 12.5 Å². The van der Waals surface area contributed by atoms with Gasteiger partial charge in [-0.3, -0.25) is 9.59 Å². The van der Waals surface area contributed by atoms with Gasteiger partial charge in [0.1, 0.15) is 13.2 Å². The van der Waals surface area contributed by atoms with Crippen LogP contribution < -0.4 is 5.32 Å². The number of nitrogens with one attached hydrogen (secondary N) is 1. The molecule has 114 valence electrons. The average molecular weight is 301 g/mol. The van der Waals surface area contributed by atoms with Crippen molar-refractivity contribution in [2.75, 3.05) is 13.2 Å². The number of carbonyl (C=O) groups is 2. The van der Waals surface area contributed by atoms with Gasteiger partial charge in [0.25, 0.3) is 0 Å². The number of amides is 1. The van der Waals surface area contributed by atoms with Crippen LogP contribution >= 0.6 is 0 Å². The first-order valence-electron chi connectivity index (χ1n) is 6.06. The molecule has 0 atom stereocenters. The van der Waals surface area contributed by atoms with Gasteiger partial charge in [-0.15, -0.1) is 0 Å². The highest BCUT2D eigenvalue weighted by Gasteiger charge is 2.38. The van der Waals surface area contributed by atoms with E-state index in [1.54, 1.807) is 13.0 Å². The van der Waals surface area contributed by atoms with Crippen molar-refractivity contribution in [2.45, 2.75) is 13.1 Å². The van der Waals surface area contributed by atoms with Gasteiger partial charge in [-0.2, -0.15) is 13.2 Å². The first-order chi connectivity index (χ1) is 9.84. The van der Waals surface area contributed by atoms with Crippen molar-refractivity contribution in [3.63, 3.8) is 0 Å². The predicted octanol–water partition coefficient (Wildman–Crippen LogP) is 2.31. The van der Waals surface area contributed by atoms with Crippen LogP contribution in [0.4, 0.5) is 13.2 Å². The molecule has 0 bridgehead atoms. The highest BCUT2D eigenvalue weighted by Crippen LogP contribution is 2.15. The van der Waals surface area contributed by atoms with Crippen molar-refractivity contribution in [3.05, 3.63) is 42.0 Å². The topological polar surface area (TPSA) is 55.4 Å². The van der Waals surface area contributed by atoms with E-state index >= 15 is 0 Å². The third-order valence-electron chi connectivity index (χ3n) is 2.53. The SMILES string of the molecule is C/C=C(/COC(=O)CNC(=O)C(F)(F)F)c1ccccc1. The molecular weight excluding hydrogens is 287 g/mol. The van der Waals surface area contributed by atoms with Crippen molar-refractivity contribution in [2.24, 2.45) is 0 Å².